The second-order valence-corrected chi connectivity index (χ2v) is 4.08. The summed E-state index contributed by atoms with van der Waals surface area (Å²) in [5, 5.41) is 10.9. The summed E-state index contributed by atoms with van der Waals surface area (Å²) in [6.07, 6.45) is -0.198. The first-order valence-electron chi connectivity index (χ1n) is 5.97. The Bertz CT molecular complexity index is 475. The van der Waals surface area contributed by atoms with E-state index in [1.807, 2.05) is 35.6 Å². The van der Waals surface area contributed by atoms with Gasteiger partial charge in [-0.2, -0.15) is 0 Å². The predicted molar refractivity (Wildman–Crippen MR) is 69.6 cm³/mol. The molecular weight excluding hydrogens is 264 g/mol. The zero-order valence-corrected chi connectivity index (χ0v) is 10.7. The summed E-state index contributed by atoms with van der Waals surface area (Å²) < 4.78 is 4.99. The molecule has 0 aromatic heterocycles. The van der Waals surface area contributed by atoms with Crippen molar-refractivity contribution in [3.05, 3.63) is 35.9 Å². The van der Waals surface area contributed by atoms with Gasteiger partial charge in [0.25, 0.3) is 0 Å². The van der Waals surface area contributed by atoms with Crippen molar-refractivity contribution in [2.24, 2.45) is 5.73 Å². The van der Waals surface area contributed by atoms with Gasteiger partial charge in [-0.05, 0) is 12.0 Å². The van der Waals surface area contributed by atoms with Crippen LogP contribution in [0.15, 0.2) is 30.3 Å². The molecule has 7 heteroatoms. The molecule has 0 fully saturated rings. The number of carbonyl (C=O) groups is 3. The van der Waals surface area contributed by atoms with Gasteiger partial charge in [0.05, 0.1) is 0 Å². The molecule has 108 valence electrons. The number of hydrogen-bond donors (Lipinski definition) is 3. The Hall–Kier alpha value is -2.57. The summed E-state index contributed by atoms with van der Waals surface area (Å²) in [6, 6.07) is 6.95. The van der Waals surface area contributed by atoms with Crippen LogP contribution in [0.1, 0.15) is 18.4 Å². The Labute approximate surface area is 115 Å². The SMILES string of the molecule is NC(=O)N[C@@H](CCC(=O)OCc1ccccc1)C(=O)O. The minimum Gasteiger partial charge on any atom is -0.480 e. The van der Waals surface area contributed by atoms with E-state index >= 15 is 0 Å². The summed E-state index contributed by atoms with van der Waals surface area (Å²) in [6.45, 7) is 0.126. The molecule has 4 N–H and O–H groups in total. The molecule has 2 amide bonds. The van der Waals surface area contributed by atoms with Crippen LogP contribution in [0.5, 0.6) is 0 Å². The summed E-state index contributed by atoms with van der Waals surface area (Å²) in [4.78, 5) is 32.9. The first-order chi connectivity index (χ1) is 9.49. The fourth-order valence-corrected chi connectivity index (χ4v) is 1.50. The van der Waals surface area contributed by atoms with Gasteiger partial charge in [0, 0.05) is 6.42 Å². The molecule has 0 bridgehead atoms. The number of nitrogens with one attached hydrogen (secondary N) is 1. The van der Waals surface area contributed by atoms with Crippen molar-refractivity contribution in [2.75, 3.05) is 0 Å². The molecule has 1 atom stereocenters. The normalized spacial score (nSPS) is 11.4. The molecule has 0 aliphatic heterocycles. The molecule has 0 saturated carbocycles. The Kier molecular flexibility index (Phi) is 6.02. The van der Waals surface area contributed by atoms with Crippen molar-refractivity contribution < 1.29 is 24.2 Å². The van der Waals surface area contributed by atoms with Gasteiger partial charge in [-0.25, -0.2) is 9.59 Å². The molecular formula is C13H16N2O5. The summed E-state index contributed by atoms with van der Waals surface area (Å²) in [5.74, 6) is -1.79. The van der Waals surface area contributed by atoms with Gasteiger partial charge < -0.3 is 20.9 Å². The van der Waals surface area contributed by atoms with E-state index in [9.17, 15) is 14.4 Å². The van der Waals surface area contributed by atoms with Crippen LogP contribution < -0.4 is 11.1 Å². The maximum absolute atomic E-state index is 11.5. The molecule has 0 spiro atoms. The lowest BCUT2D eigenvalue weighted by Gasteiger charge is -2.12. The molecule has 0 saturated heterocycles. The number of primary amides is 1. The smallest absolute Gasteiger partial charge is 0.326 e. The summed E-state index contributed by atoms with van der Waals surface area (Å²) in [5.41, 5.74) is 5.68. The van der Waals surface area contributed by atoms with Crippen molar-refractivity contribution in [1.29, 1.82) is 0 Å². The van der Waals surface area contributed by atoms with Gasteiger partial charge in [-0.1, -0.05) is 30.3 Å². The minimum absolute atomic E-state index is 0.0775. The Balaban J connectivity index is 2.34. The van der Waals surface area contributed by atoms with Gasteiger partial charge in [0.15, 0.2) is 0 Å². The first kappa shape index (κ1) is 15.5. The Morgan fingerprint density at radius 2 is 1.90 bits per heavy atom. The highest BCUT2D eigenvalue weighted by Crippen LogP contribution is 2.04. The fourth-order valence-electron chi connectivity index (χ4n) is 1.50. The second-order valence-electron chi connectivity index (χ2n) is 4.08. The van der Waals surface area contributed by atoms with Gasteiger partial charge in [0.2, 0.25) is 0 Å². The van der Waals surface area contributed by atoms with E-state index < -0.39 is 24.0 Å². The number of benzene rings is 1. The Morgan fingerprint density at radius 1 is 1.25 bits per heavy atom. The summed E-state index contributed by atoms with van der Waals surface area (Å²) in [7, 11) is 0. The lowest BCUT2D eigenvalue weighted by molar-refractivity contribution is -0.145. The molecule has 1 rings (SSSR count). The number of esters is 1. The van der Waals surface area contributed by atoms with Gasteiger partial charge >= 0.3 is 18.0 Å². The average molecular weight is 280 g/mol. The van der Waals surface area contributed by atoms with E-state index in [4.69, 9.17) is 15.6 Å². The van der Waals surface area contributed by atoms with Crippen LogP contribution in [0.2, 0.25) is 0 Å². The zero-order chi connectivity index (χ0) is 15.0. The van der Waals surface area contributed by atoms with E-state index in [0.29, 0.717) is 0 Å². The number of aliphatic carboxylic acids is 1. The van der Waals surface area contributed by atoms with E-state index in [0.717, 1.165) is 5.56 Å². The fraction of sp³-hybridized carbons (Fsp3) is 0.308. The quantitative estimate of drug-likeness (QED) is 0.633. The third kappa shape index (κ3) is 5.85. The highest BCUT2D eigenvalue weighted by atomic mass is 16.5. The maximum Gasteiger partial charge on any atom is 0.326 e. The number of amides is 2. The van der Waals surface area contributed by atoms with E-state index in [2.05, 4.69) is 0 Å². The average Bonchev–Trinajstić information content (AvgIpc) is 2.41. The molecule has 0 aliphatic carbocycles. The number of carboxylic acid groups (broad SMARTS) is 1. The van der Waals surface area contributed by atoms with Crippen LogP contribution in [0.3, 0.4) is 0 Å². The third-order valence-corrected chi connectivity index (χ3v) is 2.49. The topological polar surface area (TPSA) is 119 Å². The largest absolute Gasteiger partial charge is 0.480 e. The van der Waals surface area contributed by atoms with Crippen molar-refractivity contribution >= 4 is 18.0 Å². The highest BCUT2D eigenvalue weighted by molar-refractivity contribution is 5.82. The number of nitrogens with two attached hydrogens (primary N) is 1. The number of rotatable bonds is 7. The molecule has 0 unspecified atom stereocenters. The standard InChI is InChI=1S/C13H16N2O5/c14-13(19)15-10(12(17)18)6-7-11(16)20-8-9-4-2-1-3-5-9/h1-5,10H,6-8H2,(H,17,18)(H3,14,15,19)/t10-/m0/s1. The number of hydrogen-bond acceptors (Lipinski definition) is 4. The number of carbonyl (C=O) groups excluding carboxylic acids is 2. The van der Waals surface area contributed by atoms with Crippen molar-refractivity contribution in [3.63, 3.8) is 0 Å². The van der Waals surface area contributed by atoms with Gasteiger partial charge in [-0.15, -0.1) is 0 Å². The maximum atomic E-state index is 11.5. The first-order valence-corrected chi connectivity index (χ1v) is 5.97. The van der Waals surface area contributed by atoms with E-state index in [-0.39, 0.29) is 19.4 Å². The molecule has 0 radical (unpaired) electrons. The van der Waals surface area contributed by atoms with Crippen LogP contribution in [0, 0.1) is 0 Å². The molecule has 0 aliphatic rings. The van der Waals surface area contributed by atoms with Crippen molar-refractivity contribution in [1.82, 2.24) is 5.32 Å². The summed E-state index contributed by atoms with van der Waals surface area (Å²) >= 11 is 0. The second kappa shape index (κ2) is 7.78. The predicted octanol–water partition coefficient (Wildman–Crippen LogP) is 0.631. The molecule has 7 nitrogen and oxygen atoms in total. The van der Waals surface area contributed by atoms with Gasteiger partial charge in [0.1, 0.15) is 12.6 Å². The van der Waals surface area contributed by atoms with E-state index in [1.165, 1.54) is 0 Å². The molecule has 1 aromatic rings. The van der Waals surface area contributed by atoms with Crippen LogP contribution in [-0.4, -0.2) is 29.1 Å². The number of carboxylic acids is 1. The number of ether oxygens (including phenoxy) is 1. The molecule has 1 aromatic carbocycles. The van der Waals surface area contributed by atoms with Crippen molar-refractivity contribution in [3.8, 4) is 0 Å². The highest BCUT2D eigenvalue weighted by Gasteiger charge is 2.20. The molecule has 20 heavy (non-hydrogen) atoms. The monoisotopic (exact) mass is 280 g/mol. The minimum atomic E-state index is -1.25. The Morgan fingerprint density at radius 3 is 2.45 bits per heavy atom. The number of urea groups is 1. The molecule has 0 heterocycles. The lowest BCUT2D eigenvalue weighted by Crippen LogP contribution is -2.43. The van der Waals surface area contributed by atoms with Crippen LogP contribution in [0.25, 0.3) is 0 Å². The third-order valence-electron chi connectivity index (χ3n) is 2.49. The van der Waals surface area contributed by atoms with Crippen LogP contribution >= 0.6 is 0 Å². The van der Waals surface area contributed by atoms with E-state index in [1.54, 1.807) is 0 Å². The lowest BCUT2D eigenvalue weighted by atomic mass is 10.1. The van der Waals surface area contributed by atoms with Crippen molar-refractivity contribution in [2.45, 2.75) is 25.5 Å². The van der Waals surface area contributed by atoms with Gasteiger partial charge in [-0.3, -0.25) is 4.79 Å². The zero-order valence-electron chi connectivity index (χ0n) is 10.7. The van der Waals surface area contributed by atoms with Crippen LogP contribution in [0.4, 0.5) is 4.79 Å². The van der Waals surface area contributed by atoms with Crippen LogP contribution in [-0.2, 0) is 20.9 Å².